The first-order valence-corrected chi connectivity index (χ1v) is 10.7. The molecule has 0 aliphatic carbocycles. The number of ether oxygens (including phenoxy) is 2. The predicted octanol–water partition coefficient (Wildman–Crippen LogP) is 5.60. The van der Waals surface area contributed by atoms with Gasteiger partial charge in [0.05, 0.1) is 19.2 Å². The van der Waals surface area contributed by atoms with E-state index in [2.05, 4.69) is 15.6 Å². The highest BCUT2D eigenvalue weighted by Crippen LogP contribution is 2.30. The van der Waals surface area contributed by atoms with E-state index < -0.39 is 5.91 Å². The van der Waals surface area contributed by atoms with Gasteiger partial charge in [-0.3, -0.25) is 10.1 Å². The zero-order valence-electron chi connectivity index (χ0n) is 18.1. The number of oxazole rings is 1. The summed E-state index contributed by atoms with van der Waals surface area (Å²) in [5.41, 5.74) is 4.11. The van der Waals surface area contributed by atoms with Gasteiger partial charge in [-0.15, -0.1) is 0 Å². The van der Waals surface area contributed by atoms with Crippen molar-refractivity contribution in [1.29, 1.82) is 0 Å². The largest absolute Gasteiger partial charge is 0.497 e. The van der Waals surface area contributed by atoms with E-state index in [0.29, 0.717) is 44.8 Å². The Labute approximate surface area is 200 Å². The van der Waals surface area contributed by atoms with Crippen molar-refractivity contribution in [2.24, 2.45) is 0 Å². The zero-order chi connectivity index (χ0) is 23.5. The molecule has 7 nitrogen and oxygen atoms in total. The van der Waals surface area contributed by atoms with Crippen LogP contribution in [0, 0.1) is 6.92 Å². The molecule has 1 aromatic heterocycles. The highest BCUT2D eigenvalue weighted by Gasteiger charge is 2.14. The Morgan fingerprint density at radius 3 is 2.61 bits per heavy atom. The SMILES string of the molecule is COc1ccc2oc(-c3ccc(C)c(NC(=S)NC(=O)c4ccc(OC)c(Cl)c4)c3)nc2c1. The monoisotopic (exact) mass is 481 g/mol. The smallest absolute Gasteiger partial charge is 0.257 e. The summed E-state index contributed by atoms with van der Waals surface area (Å²) in [6.07, 6.45) is 0. The molecule has 0 aliphatic rings. The van der Waals surface area contributed by atoms with Crippen molar-refractivity contribution in [1.82, 2.24) is 10.3 Å². The Morgan fingerprint density at radius 1 is 1.06 bits per heavy atom. The molecule has 33 heavy (non-hydrogen) atoms. The van der Waals surface area contributed by atoms with Gasteiger partial charge in [0, 0.05) is 22.9 Å². The fourth-order valence-electron chi connectivity index (χ4n) is 3.18. The van der Waals surface area contributed by atoms with E-state index in [0.717, 1.165) is 11.1 Å². The van der Waals surface area contributed by atoms with Crippen LogP contribution in [0.4, 0.5) is 5.69 Å². The number of halogens is 1. The van der Waals surface area contributed by atoms with E-state index in [-0.39, 0.29) is 5.11 Å². The summed E-state index contributed by atoms with van der Waals surface area (Å²) in [6.45, 7) is 1.93. The number of nitrogens with zero attached hydrogens (tertiary/aromatic N) is 1. The highest BCUT2D eigenvalue weighted by atomic mass is 35.5. The van der Waals surface area contributed by atoms with Gasteiger partial charge < -0.3 is 19.2 Å². The lowest BCUT2D eigenvalue weighted by Crippen LogP contribution is -2.34. The van der Waals surface area contributed by atoms with Crippen LogP contribution in [0.5, 0.6) is 11.5 Å². The molecule has 0 aliphatic heterocycles. The molecule has 0 unspecified atom stereocenters. The van der Waals surface area contributed by atoms with E-state index in [9.17, 15) is 4.79 Å². The molecular formula is C24H20ClN3O4S. The topological polar surface area (TPSA) is 85.6 Å². The van der Waals surface area contributed by atoms with Crippen LogP contribution >= 0.6 is 23.8 Å². The molecule has 1 heterocycles. The number of aromatic nitrogens is 1. The minimum absolute atomic E-state index is 0.148. The summed E-state index contributed by atoms with van der Waals surface area (Å²) in [5.74, 6) is 1.26. The number of aryl methyl sites for hydroxylation is 1. The quantitative estimate of drug-likeness (QED) is 0.359. The lowest BCUT2D eigenvalue weighted by atomic mass is 10.1. The minimum atomic E-state index is -0.390. The van der Waals surface area contributed by atoms with Crippen molar-refractivity contribution in [3.8, 4) is 23.0 Å². The normalized spacial score (nSPS) is 10.7. The van der Waals surface area contributed by atoms with Gasteiger partial charge in [0.25, 0.3) is 5.91 Å². The summed E-state index contributed by atoms with van der Waals surface area (Å²) in [5, 5.41) is 6.21. The van der Waals surface area contributed by atoms with Crippen LogP contribution in [-0.4, -0.2) is 30.2 Å². The number of methoxy groups -OCH3 is 2. The second-order valence-corrected chi connectivity index (χ2v) is 7.96. The standard InChI is InChI=1S/C24H20ClN3O4S/c1-13-4-5-15(23-26-19-12-16(30-2)7-9-21(19)32-23)11-18(13)27-24(33)28-22(29)14-6-8-20(31-3)17(25)10-14/h4-12H,1-3H3,(H2,27,28,29,33). The predicted molar refractivity (Wildman–Crippen MR) is 132 cm³/mol. The Morgan fingerprint density at radius 2 is 1.88 bits per heavy atom. The Bertz CT molecular complexity index is 1370. The van der Waals surface area contributed by atoms with Crippen LogP contribution in [-0.2, 0) is 0 Å². The Hall–Kier alpha value is -3.62. The first kappa shape index (κ1) is 22.6. The number of benzene rings is 3. The fourth-order valence-corrected chi connectivity index (χ4v) is 3.64. The molecule has 0 atom stereocenters. The molecule has 0 saturated carbocycles. The van der Waals surface area contributed by atoms with Crippen molar-refractivity contribution in [2.75, 3.05) is 19.5 Å². The first-order chi connectivity index (χ1) is 15.9. The van der Waals surface area contributed by atoms with Crippen LogP contribution in [0.15, 0.2) is 59.0 Å². The number of anilines is 1. The summed E-state index contributed by atoms with van der Waals surface area (Å²) in [6, 6.07) is 15.9. The third-order valence-electron chi connectivity index (χ3n) is 4.97. The Kier molecular flexibility index (Phi) is 6.48. The van der Waals surface area contributed by atoms with E-state index in [4.69, 9.17) is 37.7 Å². The van der Waals surface area contributed by atoms with Gasteiger partial charge in [-0.1, -0.05) is 17.7 Å². The third kappa shape index (κ3) is 4.92. The Balaban J connectivity index is 1.51. The zero-order valence-corrected chi connectivity index (χ0v) is 19.6. The number of fused-ring (bicyclic) bond motifs is 1. The number of hydrogen-bond acceptors (Lipinski definition) is 6. The van der Waals surface area contributed by atoms with Crippen molar-refractivity contribution in [3.63, 3.8) is 0 Å². The van der Waals surface area contributed by atoms with Gasteiger partial charge in [0.2, 0.25) is 5.89 Å². The van der Waals surface area contributed by atoms with Crippen LogP contribution in [0.25, 0.3) is 22.6 Å². The molecule has 4 aromatic rings. The van der Waals surface area contributed by atoms with Crippen LogP contribution < -0.4 is 20.1 Å². The third-order valence-corrected chi connectivity index (χ3v) is 5.47. The van der Waals surface area contributed by atoms with Gasteiger partial charge >= 0.3 is 0 Å². The second kappa shape index (κ2) is 9.48. The van der Waals surface area contributed by atoms with E-state index in [1.54, 1.807) is 19.2 Å². The van der Waals surface area contributed by atoms with Crippen LogP contribution in [0.1, 0.15) is 15.9 Å². The molecule has 3 aromatic carbocycles. The summed E-state index contributed by atoms with van der Waals surface area (Å²) in [4.78, 5) is 17.1. The second-order valence-electron chi connectivity index (χ2n) is 7.14. The maximum absolute atomic E-state index is 12.5. The molecule has 9 heteroatoms. The molecule has 1 amide bonds. The number of nitrogens with one attached hydrogen (secondary N) is 2. The molecule has 0 spiro atoms. The molecule has 4 rings (SSSR count). The molecule has 0 radical (unpaired) electrons. The maximum atomic E-state index is 12.5. The number of hydrogen-bond donors (Lipinski definition) is 2. The van der Waals surface area contributed by atoms with Gasteiger partial charge in [0.1, 0.15) is 17.0 Å². The number of rotatable bonds is 5. The lowest BCUT2D eigenvalue weighted by molar-refractivity contribution is 0.0977. The average molecular weight is 482 g/mol. The fraction of sp³-hybridized carbons (Fsp3) is 0.125. The van der Waals surface area contributed by atoms with Gasteiger partial charge in [-0.2, -0.15) is 0 Å². The molecule has 168 valence electrons. The molecule has 0 saturated heterocycles. The summed E-state index contributed by atoms with van der Waals surface area (Å²) < 4.78 is 16.2. The van der Waals surface area contributed by atoms with E-state index in [1.165, 1.54) is 13.2 Å². The lowest BCUT2D eigenvalue weighted by Gasteiger charge is -2.13. The van der Waals surface area contributed by atoms with Crippen LogP contribution in [0.3, 0.4) is 0 Å². The average Bonchev–Trinajstić information content (AvgIpc) is 3.23. The summed E-state index contributed by atoms with van der Waals surface area (Å²) in [7, 11) is 3.11. The first-order valence-electron chi connectivity index (χ1n) is 9.89. The maximum Gasteiger partial charge on any atom is 0.257 e. The number of thiocarbonyl (C=S) groups is 1. The molecular weight excluding hydrogens is 462 g/mol. The van der Waals surface area contributed by atoms with Crippen molar-refractivity contribution < 1.29 is 18.7 Å². The number of carbonyl (C=O) groups is 1. The van der Waals surface area contributed by atoms with Gasteiger partial charge in [-0.05, 0) is 67.2 Å². The summed E-state index contributed by atoms with van der Waals surface area (Å²) >= 11 is 11.4. The minimum Gasteiger partial charge on any atom is -0.497 e. The van der Waals surface area contributed by atoms with Crippen molar-refractivity contribution in [2.45, 2.75) is 6.92 Å². The van der Waals surface area contributed by atoms with Crippen LogP contribution in [0.2, 0.25) is 5.02 Å². The molecule has 0 bridgehead atoms. The molecule has 2 N–H and O–H groups in total. The van der Waals surface area contributed by atoms with E-state index >= 15 is 0 Å². The van der Waals surface area contributed by atoms with Gasteiger partial charge in [0.15, 0.2) is 10.7 Å². The number of amides is 1. The number of carbonyl (C=O) groups excluding carboxylic acids is 1. The van der Waals surface area contributed by atoms with Crippen molar-refractivity contribution in [3.05, 3.63) is 70.7 Å². The van der Waals surface area contributed by atoms with Gasteiger partial charge in [-0.25, -0.2) is 4.98 Å². The van der Waals surface area contributed by atoms with E-state index in [1.807, 2.05) is 43.3 Å². The molecule has 0 fully saturated rings. The highest BCUT2D eigenvalue weighted by molar-refractivity contribution is 7.80. The van der Waals surface area contributed by atoms with Crippen molar-refractivity contribution >= 4 is 51.6 Å².